The van der Waals surface area contributed by atoms with E-state index in [2.05, 4.69) is 15.6 Å². The van der Waals surface area contributed by atoms with Crippen molar-refractivity contribution in [2.24, 2.45) is 0 Å². The normalized spacial score (nSPS) is 13.6. The zero-order valence-corrected chi connectivity index (χ0v) is 13.5. The Kier molecular flexibility index (Phi) is 5.97. The Morgan fingerprint density at radius 2 is 2.36 bits per heavy atom. The maximum atomic E-state index is 11.8. The number of aryl methyl sites for hydroxylation is 1. The minimum atomic E-state index is -0.719. The van der Waals surface area contributed by atoms with Crippen LogP contribution in [0.5, 0.6) is 0 Å². The van der Waals surface area contributed by atoms with Crippen LogP contribution in [0.3, 0.4) is 0 Å². The van der Waals surface area contributed by atoms with Crippen molar-refractivity contribution in [1.29, 1.82) is 0 Å². The van der Waals surface area contributed by atoms with E-state index in [1.807, 2.05) is 20.0 Å². The van der Waals surface area contributed by atoms with E-state index in [1.54, 1.807) is 23.5 Å². The largest absolute Gasteiger partial charge is 0.467 e. The van der Waals surface area contributed by atoms with Crippen LogP contribution in [0.1, 0.15) is 35.1 Å². The number of aromatic nitrogens is 1. The average molecular weight is 323 g/mol. The van der Waals surface area contributed by atoms with Gasteiger partial charge in [0.1, 0.15) is 11.9 Å². The third kappa shape index (κ3) is 5.16. The van der Waals surface area contributed by atoms with Gasteiger partial charge in [-0.3, -0.25) is 0 Å². The number of furan rings is 1. The van der Waals surface area contributed by atoms with E-state index in [-0.39, 0.29) is 12.1 Å². The molecule has 2 amide bonds. The molecule has 0 spiro atoms. The van der Waals surface area contributed by atoms with Gasteiger partial charge in [0.2, 0.25) is 0 Å². The molecule has 0 aliphatic rings. The Labute approximate surface area is 133 Å². The highest BCUT2D eigenvalue weighted by molar-refractivity contribution is 7.11. The topological polar surface area (TPSA) is 87.4 Å². The molecule has 0 aromatic carbocycles. The zero-order chi connectivity index (χ0) is 15.9. The van der Waals surface area contributed by atoms with Crippen LogP contribution in [-0.2, 0) is 6.42 Å². The van der Waals surface area contributed by atoms with Crippen LogP contribution in [0.2, 0.25) is 0 Å². The highest BCUT2D eigenvalue weighted by Crippen LogP contribution is 2.18. The summed E-state index contributed by atoms with van der Waals surface area (Å²) >= 11 is 1.63. The summed E-state index contributed by atoms with van der Waals surface area (Å²) in [7, 11) is 0. The zero-order valence-electron chi connectivity index (χ0n) is 12.7. The number of hydrogen-bond donors (Lipinski definition) is 3. The molecular weight excluding hydrogens is 302 g/mol. The number of urea groups is 1. The van der Waals surface area contributed by atoms with Gasteiger partial charge in [-0.25, -0.2) is 9.78 Å². The number of carbonyl (C=O) groups is 1. The highest BCUT2D eigenvalue weighted by atomic mass is 32.1. The predicted molar refractivity (Wildman–Crippen MR) is 84.8 cm³/mol. The Morgan fingerprint density at radius 1 is 1.55 bits per heavy atom. The van der Waals surface area contributed by atoms with Gasteiger partial charge >= 0.3 is 6.03 Å². The van der Waals surface area contributed by atoms with Crippen molar-refractivity contribution < 1.29 is 14.3 Å². The molecule has 2 aromatic heterocycles. The quantitative estimate of drug-likeness (QED) is 0.730. The van der Waals surface area contributed by atoms with Crippen LogP contribution in [0, 0.1) is 6.92 Å². The lowest BCUT2D eigenvalue weighted by Crippen LogP contribution is -2.42. The van der Waals surface area contributed by atoms with E-state index in [9.17, 15) is 9.90 Å². The monoisotopic (exact) mass is 323 g/mol. The molecule has 2 atom stereocenters. The molecular formula is C15H21N3O3S. The summed E-state index contributed by atoms with van der Waals surface area (Å²) in [5.74, 6) is 0.508. The van der Waals surface area contributed by atoms with Gasteiger partial charge in [-0.15, -0.1) is 11.3 Å². The van der Waals surface area contributed by atoms with Crippen LogP contribution in [-0.4, -0.2) is 28.7 Å². The molecule has 0 unspecified atom stereocenters. The first-order valence-electron chi connectivity index (χ1n) is 7.21. The van der Waals surface area contributed by atoms with Crippen LogP contribution in [0.25, 0.3) is 0 Å². The molecule has 2 heterocycles. The van der Waals surface area contributed by atoms with E-state index in [0.29, 0.717) is 18.7 Å². The first-order valence-corrected chi connectivity index (χ1v) is 8.03. The number of hydrogen-bond acceptors (Lipinski definition) is 5. The van der Waals surface area contributed by atoms with E-state index < -0.39 is 6.10 Å². The van der Waals surface area contributed by atoms with Crippen LogP contribution >= 0.6 is 11.3 Å². The first kappa shape index (κ1) is 16.5. The second kappa shape index (κ2) is 7.95. The Morgan fingerprint density at radius 3 is 3.00 bits per heavy atom. The van der Waals surface area contributed by atoms with Gasteiger partial charge in [0.15, 0.2) is 0 Å². The number of amides is 2. The van der Waals surface area contributed by atoms with Crippen LogP contribution < -0.4 is 10.6 Å². The third-order valence-electron chi connectivity index (χ3n) is 3.12. The van der Waals surface area contributed by atoms with Crippen molar-refractivity contribution in [3.8, 4) is 0 Å². The molecule has 0 radical (unpaired) electrons. The highest BCUT2D eigenvalue weighted by Gasteiger charge is 2.16. The van der Waals surface area contributed by atoms with Crippen molar-refractivity contribution in [1.82, 2.24) is 15.6 Å². The van der Waals surface area contributed by atoms with E-state index >= 15 is 0 Å². The summed E-state index contributed by atoms with van der Waals surface area (Å²) < 4.78 is 5.13. The lowest BCUT2D eigenvalue weighted by atomic mass is 10.1. The first-order chi connectivity index (χ1) is 10.5. The van der Waals surface area contributed by atoms with Gasteiger partial charge < -0.3 is 20.2 Å². The molecule has 7 heteroatoms. The van der Waals surface area contributed by atoms with E-state index in [0.717, 1.165) is 11.4 Å². The number of aliphatic hydroxyl groups excluding tert-OH is 1. The van der Waals surface area contributed by atoms with Gasteiger partial charge in [-0.05, 0) is 26.0 Å². The summed E-state index contributed by atoms with van der Waals surface area (Å²) in [6.45, 7) is 4.38. The van der Waals surface area contributed by atoms with Crippen molar-refractivity contribution in [3.05, 3.63) is 40.2 Å². The summed E-state index contributed by atoms with van der Waals surface area (Å²) in [5, 5.41) is 16.5. The molecule has 6 nitrogen and oxygen atoms in total. The molecule has 2 aromatic rings. The lowest BCUT2D eigenvalue weighted by molar-refractivity contribution is 0.129. The second-order valence-corrected chi connectivity index (χ2v) is 6.50. The fourth-order valence-corrected chi connectivity index (χ4v) is 2.85. The smallest absolute Gasteiger partial charge is 0.315 e. The second-order valence-electron chi connectivity index (χ2n) is 5.18. The van der Waals surface area contributed by atoms with Crippen LogP contribution in [0.4, 0.5) is 4.79 Å². The molecule has 0 aliphatic heterocycles. The molecule has 0 fully saturated rings. The van der Waals surface area contributed by atoms with Crippen molar-refractivity contribution in [3.63, 3.8) is 0 Å². The molecule has 2 rings (SSSR count). The fraction of sp³-hybridized carbons (Fsp3) is 0.467. The Hall–Kier alpha value is -1.86. The predicted octanol–water partition coefficient (Wildman–Crippen LogP) is 2.40. The fourth-order valence-electron chi connectivity index (χ4n) is 2.07. The number of nitrogens with one attached hydrogen (secondary N) is 2. The number of carbonyl (C=O) groups excluding carboxylic acids is 1. The molecule has 22 heavy (non-hydrogen) atoms. The molecule has 3 N–H and O–H groups in total. The van der Waals surface area contributed by atoms with E-state index in [4.69, 9.17) is 4.42 Å². The lowest BCUT2D eigenvalue weighted by Gasteiger charge is -2.17. The minimum Gasteiger partial charge on any atom is -0.467 e. The van der Waals surface area contributed by atoms with Gasteiger partial charge in [0.05, 0.1) is 11.3 Å². The van der Waals surface area contributed by atoms with E-state index in [1.165, 1.54) is 11.1 Å². The van der Waals surface area contributed by atoms with Gasteiger partial charge in [-0.2, -0.15) is 0 Å². The summed E-state index contributed by atoms with van der Waals surface area (Å²) in [4.78, 5) is 17.2. The number of nitrogens with zero attached hydrogens (tertiary/aromatic N) is 1. The van der Waals surface area contributed by atoms with Crippen molar-refractivity contribution in [2.45, 2.75) is 38.8 Å². The SMILES string of the molecule is Cc1cnc(CCNC(=O)N[C@@H](C)C[C@H](O)c2ccco2)s1. The van der Waals surface area contributed by atoms with Crippen LogP contribution in [0.15, 0.2) is 29.0 Å². The number of thiazole rings is 1. The minimum absolute atomic E-state index is 0.165. The molecule has 0 bridgehead atoms. The Bertz CT molecular complexity index is 583. The summed E-state index contributed by atoms with van der Waals surface area (Å²) in [6.07, 6.45) is 3.74. The van der Waals surface area contributed by atoms with Gasteiger partial charge in [0.25, 0.3) is 0 Å². The molecule has 120 valence electrons. The third-order valence-corrected chi connectivity index (χ3v) is 4.09. The van der Waals surface area contributed by atoms with Gasteiger partial charge in [-0.1, -0.05) is 0 Å². The van der Waals surface area contributed by atoms with Gasteiger partial charge in [0, 0.05) is 36.5 Å². The maximum absolute atomic E-state index is 11.8. The molecule has 0 aliphatic carbocycles. The average Bonchev–Trinajstić information content (AvgIpc) is 3.10. The standard InChI is InChI=1S/C15H21N3O3S/c1-10(8-12(19)13-4-3-7-21-13)18-15(20)16-6-5-14-17-9-11(2)22-14/h3-4,7,9-10,12,19H,5-6,8H2,1-2H3,(H2,16,18,20)/t10-,12-/m0/s1. The maximum Gasteiger partial charge on any atom is 0.315 e. The summed E-state index contributed by atoms with van der Waals surface area (Å²) in [5.41, 5.74) is 0. The summed E-state index contributed by atoms with van der Waals surface area (Å²) in [6, 6.07) is 3.03. The molecule has 0 saturated carbocycles. The molecule has 0 saturated heterocycles. The Balaban J connectivity index is 1.65. The number of rotatable bonds is 7. The van der Waals surface area contributed by atoms with Crippen molar-refractivity contribution >= 4 is 17.4 Å². The van der Waals surface area contributed by atoms with Crippen molar-refractivity contribution in [2.75, 3.05) is 6.54 Å². The number of aliphatic hydroxyl groups is 1.